The molecular formula is C38H45N7O3. The molecule has 1 aliphatic rings. The van der Waals surface area contributed by atoms with Gasteiger partial charge in [0.25, 0.3) is 11.8 Å². The topological polar surface area (TPSA) is 107 Å². The second-order valence-electron chi connectivity index (χ2n) is 13.1. The van der Waals surface area contributed by atoms with Gasteiger partial charge in [0.1, 0.15) is 6.33 Å². The van der Waals surface area contributed by atoms with Crippen molar-refractivity contribution in [2.45, 2.75) is 84.0 Å². The van der Waals surface area contributed by atoms with Crippen LogP contribution < -0.4 is 14.8 Å². The molecule has 0 atom stereocenters. The van der Waals surface area contributed by atoms with Crippen molar-refractivity contribution in [3.8, 4) is 34.0 Å². The SMILES string of the molecule is COc1cc(-c2ccc(CNC3CCC(c4cc(-c5ccccc5C(=O)N(C(C)C)C(C)C)c5cncnn45)CC3)cc2)nnc1OC. The summed E-state index contributed by atoms with van der Waals surface area (Å²) in [6, 6.07) is 21.0. The molecule has 10 nitrogen and oxygen atoms in total. The van der Waals surface area contributed by atoms with E-state index >= 15 is 0 Å². The molecule has 0 saturated heterocycles. The highest BCUT2D eigenvalue weighted by Gasteiger charge is 2.29. The molecule has 0 bridgehead atoms. The van der Waals surface area contributed by atoms with Crippen molar-refractivity contribution < 1.29 is 14.3 Å². The number of aromatic nitrogens is 5. The average molecular weight is 648 g/mol. The Morgan fingerprint density at radius 3 is 2.33 bits per heavy atom. The third-order valence-electron chi connectivity index (χ3n) is 9.40. The number of rotatable bonds is 11. The molecule has 1 fully saturated rings. The number of benzene rings is 2. The quantitative estimate of drug-likeness (QED) is 0.164. The van der Waals surface area contributed by atoms with Crippen LogP contribution in [0.4, 0.5) is 0 Å². The maximum Gasteiger partial charge on any atom is 0.276 e. The maximum absolute atomic E-state index is 13.9. The minimum absolute atomic E-state index is 0.0456. The van der Waals surface area contributed by atoms with E-state index in [9.17, 15) is 4.79 Å². The van der Waals surface area contributed by atoms with Crippen molar-refractivity contribution >= 4 is 11.4 Å². The monoisotopic (exact) mass is 647 g/mol. The van der Waals surface area contributed by atoms with Crippen LogP contribution in [-0.4, -0.2) is 67.9 Å². The van der Waals surface area contributed by atoms with E-state index in [0.717, 1.165) is 60.1 Å². The largest absolute Gasteiger partial charge is 0.491 e. The number of fused-ring (bicyclic) bond motifs is 1. The molecule has 48 heavy (non-hydrogen) atoms. The van der Waals surface area contributed by atoms with Gasteiger partial charge in [-0.2, -0.15) is 5.10 Å². The summed E-state index contributed by atoms with van der Waals surface area (Å²) < 4.78 is 12.6. The summed E-state index contributed by atoms with van der Waals surface area (Å²) in [7, 11) is 3.14. The summed E-state index contributed by atoms with van der Waals surface area (Å²) in [4.78, 5) is 20.2. The number of ether oxygens (including phenoxy) is 2. The Kier molecular flexibility index (Phi) is 10.0. The fraction of sp³-hybridized carbons (Fsp3) is 0.395. The maximum atomic E-state index is 13.9. The number of nitrogens with one attached hydrogen (secondary N) is 1. The van der Waals surface area contributed by atoms with E-state index in [1.54, 1.807) is 20.5 Å². The van der Waals surface area contributed by atoms with Gasteiger partial charge >= 0.3 is 0 Å². The molecule has 1 N–H and O–H groups in total. The Balaban J connectivity index is 1.14. The summed E-state index contributed by atoms with van der Waals surface area (Å²) in [6.45, 7) is 9.07. The Morgan fingerprint density at radius 1 is 0.917 bits per heavy atom. The second-order valence-corrected chi connectivity index (χ2v) is 13.1. The van der Waals surface area contributed by atoms with Crippen LogP contribution in [0.2, 0.25) is 0 Å². The molecule has 6 rings (SSSR count). The number of methoxy groups -OCH3 is 2. The number of carbonyl (C=O) groups excluding carboxylic acids is 1. The normalized spacial score (nSPS) is 16.4. The van der Waals surface area contributed by atoms with Gasteiger partial charge in [-0.1, -0.05) is 42.5 Å². The van der Waals surface area contributed by atoms with Crippen LogP contribution in [-0.2, 0) is 6.54 Å². The highest BCUT2D eigenvalue weighted by atomic mass is 16.5. The highest BCUT2D eigenvalue weighted by Crippen LogP contribution is 2.39. The lowest BCUT2D eigenvalue weighted by Crippen LogP contribution is -2.42. The zero-order valence-corrected chi connectivity index (χ0v) is 28.7. The molecule has 5 aromatic rings. The first kappa shape index (κ1) is 33.1. The van der Waals surface area contributed by atoms with E-state index in [0.29, 0.717) is 29.2 Å². The predicted molar refractivity (Wildman–Crippen MR) is 187 cm³/mol. The van der Waals surface area contributed by atoms with Gasteiger partial charge < -0.3 is 19.7 Å². The van der Waals surface area contributed by atoms with Crippen LogP contribution >= 0.6 is 0 Å². The molecule has 10 heteroatoms. The van der Waals surface area contributed by atoms with Crippen molar-refractivity contribution in [3.63, 3.8) is 0 Å². The smallest absolute Gasteiger partial charge is 0.276 e. The average Bonchev–Trinajstić information content (AvgIpc) is 3.50. The van der Waals surface area contributed by atoms with Crippen LogP contribution in [0.1, 0.15) is 80.9 Å². The lowest BCUT2D eigenvalue weighted by atomic mass is 9.83. The molecule has 3 heterocycles. The van der Waals surface area contributed by atoms with Crippen molar-refractivity contribution in [1.82, 2.24) is 35.0 Å². The third-order valence-corrected chi connectivity index (χ3v) is 9.40. The Labute approximate surface area is 282 Å². The van der Waals surface area contributed by atoms with E-state index in [1.807, 2.05) is 45.9 Å². The summed E-state index contributed by atoms with van der Waals surface area (Å²) in [5, 5.41) is 16.9. The number of hydrogen-bond acceptors (Lipinski definition) is 8. The van der Waals surface area contributed by atoms with Crippen molar-refractivity contribution in [3.05, 3.63) is 90.0 Å². The van der Waals surface area contributed by atoms with Gasteiger partial charge in [0.05, 0.1) is 31.6 Å². The molecular weight excluding hydrogens is 602 g/mol. The van der Waals surface area contributed by atoms with E-state index in [-0.39, 0.29) is 18.0 Å². The third kappa shape index (κ3) is 6.75. The minimum Gasteiger partial charge on any atom is -0.491 e. The first-order chi connectivity index (χ1) is 23.3. The summed E-state index contributed by atoms with van der Waals surface area (Å²) in [5.74, 6) is 1.34. The van der Waals surface area contributed by atoms with Crippen molar-refractivity contribution in [2.24, 2.45) is 0 Å². The molecule has 0 radical (unpaired) electrons. The number of hydrogen-bond donors (Lipinski definition) is 1. The first-order valence-corrected chi connectivity index (χ1v) is 16.8. The van der Waals surface area contributed by atoms with Crippen LogP contribution in [0.5, 0.6) is 11.6 Å². The minimum atomic E-state index is 0.0456. The van der Waals surface area contributed by atoms with E-state index in [2.05, 4.69) is 83.6 Å². The van der Waals surface area contributed by atoms with E-state index in [1.165, 1.54) is 11.3 Å². The van der Waals surface area contributed by atoms with Gasteiger partial charge in [-0.3, -0.25) is 4.79 Å². The summed E-state index contributed by atoms with van der Waals surface area (Å²) in [6.07, 6.45) is 7.73. The zero-order valence-electron chi connectivity index (χ0n) is 28.7. The van der Waals surface area contributed by atoms with Gasteiger partial charge in [0.2, 0.25) is 0 Å². The zero-order chi connectivity index (χ0) is 33.8. The van der Waals surface area contributed by atoms with Crippen LogP contribution in [0.15, 0.2) is 73.2 Å². The number of amides is 1. The fourth-order valence-electron chi connectivity index (χ4n) is 7.03. The van der Waals surface area contributed by atoms with Crippen molar-refractivity contribution in [2.75, 3.05) is 14.2 Å². The van der Waals surface area contributed by atoms with Gasteiger partial charge in [-0.25, -0.2) is 9.50 Å². The molecule has 250 valence electrons. The Morgan fingerprint density at radius 2 is 1.65 bits per heavy atom. The molecule has 1 saturated carbocycles. The molecule has 0 spiro atoms. The van der Waals surface area contributed by atoms with Gasteiger partial charge in [-0.15, -0.1) is 10.2 Å². The Bertz CT molecular complexity index is 1850. The lowest BCUT2D eigenvalue weighted by molar-refractivity contribution is 0.0644. The highest BCUT2D eigenvalue weighted by molar-refractivity contribution is 6.03. The van der Waals surface area contributed by atoms with E-state index < -0.39 is 0 Å². The molecule has 2 aromatic carbocycles. The molecule has 0 unspecified atom stereocenters. The van der Waals surface area contributed by atoms with Gasteiger partial charge in [0.15, 0.2) is 5.75 Å². The molecule has 1 amide bonds. The fourth-order valence-corrected chi connectivity index (χ4v) is 7.03. The standard InChI is InChI=1S/C38H45N7O3/c1-24(2)44(25(3)4)38(46)31-10-8-7-9-30(31)32-19-34(45-35(32)22-39-23-41-45)28-15-17-29(18-16-28)40-21-26-11-13-27(14-12-26)33-20-36(47-5)37(48-6)43-42-33/h7-14,19-20,22-25,28-29,40H,15-18,21H2,1-6H3. The Hall–Kier alpha value is -4.83. The molecule has 1 aliphatic carbocycles. The molecule has 3 aromatic heterocycles. The van der Waals surface area contributed by atoms with Gasteiger partial charge in [0, 0.05) is 59.0 Å². The second kappa shape index (κ2) is 14.5. The molecule has 0 aliphatic heterocycles. The number of nitrogens with zero attached hydrogens (tertiary/aromatic N) is 6. The first-order valence-electron chi connectivity index (χ1n) is 16.8. The van der Waals surface area contributed by atoms with Crippen LogP contribution in [0, 0.1) is 0 Å². The predicted octanol–water partition coefficient (Wildman–Crippen LogP) is 6.95. The van der Waals surface area contributed by atoms with E-state index in [4.69, 9.17) is 9.47 Å². The van der Waals surface area contributed by atoms with Crippen LogP contribution in [0.3, 0.4) is 0 Å². The van der Waals surface area contributed by atoms with Crippen LogP contribution in [0.25, 0.3) is 27.9 Å². The lowest BCUT2D eigenvalue weighted by Gasteiger charge is -2.31. The number of carbonyl (C=O) groups is 1. The van der Waals surface area contributed by atoms with Crippen molar-refractivity contribution in [1.29, 1.82) is 0 Å². The van der Waals surface area contributed by atoms with Gasteiger partial charge in [-0.05, 0) is 76.6 Å². The summed E-state index contributed by atoms with van der Waals surface area (Å²) in [5.41, 5.74) is 7.67. The summed E-state index contributed by atoms with van der Waals surface area (Å²) >= 11 is 0.